The van der Waals surface area contributed by atoms with E-state index in [1.807, 2.05) is 0 Å². The summed E-state index contributed by atoms with van der Waals surface area (Å²) in [5.41, 5.74) is 0.370. The molecule has 0 radical (unpaired) electrons. The van der Waals surface area contributed by atoms with Crippen molar-refractivity contribution in [1.29, 1.82) is 0 Å². The molecule has 0 saturated carbocycles. The second kappa shape index (κ2) is 7.34. The molecule has 0 N–H and O–H groups in total. The van der Waals surface area contributed by atoms with E-state index in [2.05, 4.69) is 4.98 Å². The predicted octanol–water partition coefficient (Wildman–Crippen LogP) is 3.13. The van der Waals surface area contributed by atoms with Crippen molar-refractivity contribution in [2.45, 2.75) is 27.7 Å². The molecule has 0 bridgehead atoms. The van der Waals surface area contributed by atoms with Gasteiger partial charge in [-0.2, -0.15) is 0 Å². The van der Waals surface area contributed by atoms with E-state index in [1.165, 1.54) is 40.0 Å². The highest BCUT2D eigenvalue weighted by Gasteiger charge is 2.26. The van der Waals surface area contributed by atoms with Crippen molar-refractivity contribution in [1.82, 2.24) is 4.98 Å². The molecule has 0 aliphatic rings. The van der Waals surface area contributed by atoms with Gasteiger partial charge in [-0.05, 0) is 19.9 Å². The van der Waals surface area contributed by atoms with E-state index < -0.39 is 17.9 Å². The average molecular weight is 399 g/mol. The highest BCUT2D eigenvalue weighted by Crippen LogP contribution is 2.41. The third kappa shape index (κ3) is 3.54. The van der Waals surface area contributed by atoms with Gasteiger partial charge in [0.2, 0.25) is 0 Å². The summed E-state index contributed by atoms with van der Waals surface area (Å²) in [7, 11) is 1.17. The number of carbonyl (C=O) groups is 4. The molecule has 0 unspecified atom stereocenters. The first-order valence-electron chi connectivity index (χ1n) is 8.51. The highest BCUT2D eigenvalue weighted by atomic mass is 16.5. The lowest BCUT2D eigenvalue weighted by Crippen LogP contribution is -2.09. The fraction of sp³-hybridized carbons (Fsp3) is 0.250. The first kappa shape index (κ1) is 20.0. The van der Waals surface area contributed by atoms with E-state index in [0.717, 1.165) is 0 Å². The molecule has 29 heavy (non-hydrogen) atoms. The summed E-state index contributed by atoms with van der Waals surface area (Å²) in [4.78, 5) is 51.7. The van der Waals surface area contributed by atoms with Crippen molar-refractivity contribution in [2.75, 3.05) is 7.11 Å². The van der Waals surface area contributed by atoms with Crippen LogP contribution in [0.4, 0.5) is 0 Å². The molecule has 3 rings (SSSR count). The van der Waals surface area contributed by atoms with E-state index >= 15 is 0 Å². The zero-order chi connectivity index (χ0) is 21.5. The van der Waals surface area contributed by atoms with E-state index in [4.69, 9.17) is 18.6 Å². The number of carbonyl (C=O) groups excluding carboxylic acids is 4. The number of hydrogen-bond donors (Lipinski definition) is 0. The number of fused-ring (bicyclic) bond motifs is 3. The van der Waals surface area contributed by atoms with Crippen LogP contribution in [0, 0.1) is 6.92 Å². The Morgan fingerprint density at radius 2 is 1.59 bits per heavy atom. The monoisotopic (exact) mass is 399 g/mol. The topological polar surface area (TPSA) is 122 Å². The number of pyridine rings is 1. The molecule has 2 aromatic heterocycles. The van der Waals surface area contributed by atoms with Crippen molar-refractivity contribution in [2.24, 2.45) is 0 Å². The number of furan rings is 1. The van der Waals surface area contributed by atoms with Crippen LogP contribution < -0.4 is 9.47 Å². The largest absolute Gasteiger partial charge is 0.464 e. The van der Waals surface area contributed by atoms with Crippen molar-refractivity contribution < 1.29 is 37.8 Å². The molecule has 0 aliphatic heterocycles. The maximum Gasteiger partial charge on any atom is 0.356 e. The normalized spacial score (nSPS) is 10.8. The minimum absolute atomic E-state index is 0.0255. The summed E-state index contributed by atoms with van der Waals surface area (Å²) >= 11 is 0. The Morgan fingerprint density at radius 3 is 2.14 bits per heavy atom. The summed E-state index contributed by atoms with van der Waals surface area (Å²) < 4.78 is 21.0. The van der Waals surface area contributed by atoms with Crippen LogP contribution in [-0.2, 0) is 14.3 Å². The first-order chi connectivity index (χ1) is 13.6. The number of benzene rings is 1. The summed E-state index contributed by atoms with van der Waals surface area (Å²) in [6.45, 7) is 5.36. The van der Waals surface area contributed by atoms with Gasteiger partial charge in [0.05, 0.1) is 18.1 Å². The van der Waals surface area contributed by atoms with Crippen LogP contribution in [-0.4, -0.2) is 35.8 Å². The molecule has 0 atom stereocenters. The number of aryl methyl sites for hydroxylation is 1. The lowest BCUT2D eigenvalue weighted by molar-refractivity contribution is -0.132. The molecule has 1 aromatic carbocycles. The average Bonchev–Trinajstić information content (AvgIpc) is 2.95. The van der Waals surface area contributed by atoms with Crippen molar-refractivity contribution >= 4 is 45.6 Å². The van der Waals surface area contributed by atoms with Gasteiger partial charge in [-0.25, -0.2) is 9.78 Å². The number of rotatable bonds is 4. The van der Waals surface area contributed by atoms with Crippen molar-refractivity contribution in [3.63, 3.8) is 0 Å². The van der Waals surface area contributed by atoms with E-state index in [-0.39, 0.29) is 39.5 Å². The Kier molecular flexibility index (Phi) is 5.06. The molecule has 2 heterocycles. The third-order valence-corrected chi connectivity index (χ3v) is 4.09. The molecule has 0 spiro atoms. The van der Waals surface area contributed by atoms with Gasteiger partial charge in [0, 0.05) is 25.3 Å². The summed E-state index contributed by atoms with van der Waals surface area (Å²) in [5.74, 6) is -2.09. The molecular weight excluding hydrogens is 382 g/mol. The minimum atomic E-state index is -0.783. The zero-order valence-electron chi connectivity index (χ0n) is 16.4. The van der Waals surface area contributed by atoms with Gasteiger partial charge >= 0.3 is 17.9 Å². The van der Waals surface area contributed by atoms with Gasteiger partial charge in [0.1, 0.15) is 22.6 Å². The fourth-order valence-electron chi connectivity index (χ4n) is 3.12. The van der Waals surface area contributed by atoms with Crippen LogP contribution in [0.5, 0.6) is 11.5 Å². The van der Waals surface area contributed by atoms with Crippen molar-refractivity contribution in [3.8, 4) is 11.5 Å². The van der Waals surface area contributed by atoms with Gasteiger partial charge in [0.25, 0.3) is 0 Å². The van der Waals surface area contributed by atoms with Gasteiger partial charge in [-0.3, -0.25) is 14.4 Å². The standard InChI is InChI=1S/C20H17NO8/c1-8(22)16-9(2)27-19-12(16)6-15(29-11(4)24)18-17(19)14(28-10(3)23)7-13(21-18)20(25)26-5/h6-7H,1-5H3. The number of aromatic nitrogens is 1. The van der Waals surface area contributed by atoms with Crippen LogP contribution in [0.3, 0.4) is 0 Å². The lowest BCUT2D eigenvalue weighted by atomic mass is 10.0. The molecule has 0 saturated heterocycles. The Morgan fingerprint density at radius 1 is 0.966 bits per heavy atom. The Balaban J connectivity index is 2.55. The number of methoxy groups -OCH3 is 1. The maximum atomic E-state index is 12.1. The van der Waals surface area contributed by atoms with Crippen LogP contribution in [0.25, 0.3) is 21.9 Å². The van der Waals surface area contributed by atoms with Crippen LogP contribution in [0.1, 0.15) is 47.4 Å². The van der Waals surface area contributed by atoms with Gasteiger partial charge in [-0.1, -0.05) is 0 Å². The quantitative estimate of drug-likeness (QED) is 0.370. The number of nitrogens with zero attached hydrogens (tertiary/aromatic N) is 1. The van der Waals surface area contributed by atoms with Crippen LogP contribution in [0.15, 0.2) is 16.5 Å². The number of hydrogen-bond acceptors (Lipinski definition) is 9. The van der Waals surface area contributed by atoms with Crippen LogP contribution >= 0.6 is 0 Å². The summed E-state index contributed by atoms with van der Waals surface area (Å²) in [6, 6.07) is 2.65. The molecule has 9 heteroatoms. The fourth-order valence-corrected chi connectivity index (χ4v) is 3.12. The molecule has 150 valence electrons. The zero-order valence-corrected chi connectivity index (χ0v) is 16.4. The number of Topliss-reactive ketones (excluding diaryl/α,β-unsaturated/α-hetero) is 1. The lowest BCUT2D eigenvalue weighted by Gasteiger charge is -2.12. The predicted molar refractivity (Wildman–Crippen MR) is 100 cm³/mol. The van der Waals surface area contributed by atoms with Crippen LogP contribution in [0.2, 0.25) is 0 Å². The molecular formula is C20H17NO8. The van der Waals surface area contributed by atoms with Crippen molar-refractivity contribution in [3.05, 3.63) is 29.2 Å². The molecule has 0 amide bonds. The second-order valence-corrected chi connectivity index (χ2v) is 6.25. The van der Waals surface area contributed by atoms with Gasteiger partial charge in [0.15, 0.2) is 17.2 Å². The maximum absolute atomic E-state index is 12.1. The first-order valence-corrected chi connectivity index (χ1v) is 8.51. The Labute approximate surface area is 164 Å². The number of ether oxygens (including phenoxy) is 3. The van der Waals surface area contributed by atoms with Gasteiger partial charge < -0.3 is 18.6 Å². The Hall–Kier alpha value is -3.75. The van der Waals surface area contributed by atoms with E-state index in [9.17, 15) is 19.2 Å². The number of esters is 3. The molecule has 9 nitrogen and oxygen atoms in total. The number of ketones is 1. The Bertz CT molecular complexity index is 1200. The van der Waals surface area contributed by atoms with Gasteiger partial charge in [-0.15, -0.1) is 0 Å². The van der Waals surface area contributed by atoms with E-state index in [0.29, 0.717) is 16.7 Å². The molecule has 0 fully saturated rings. The summed E-state index contributed by atoms with van der Waals surface area (Å²) in [5, 5.41) is 0.539. The summed E-state index contributed by atoms with van der Waals surface area (Å²) in [6.07, 6.45) is 0. The third-order valence-electron chi connectivity index (χ3n) is 4.09. The highest BCUT2D eigenvalue weighted by molar-refractivity contribution is 6.17. The van der Waals surface area contributed by atoms with E-state index in [1.54, 1.807) is 6.92 Å². The smallest absolute Gasteiger partial charge is 0.356 e. The minimum Gasteiger partial charge on any atom is -0.464 e. The molecule has 0 aliphatic carbocycles. The SMILES string of the molecule is COC(=O)c1cc(OC(C)=O)c2c(n1)c(OC(C)=O)cc1c(C(C)=O)c(C)oc12. The second-order valence-electron chi connectivity index (χ2n) is 6.25. The molecule has 3 aromatic rings.